The Balaban J connectivity index is 1.59. The minimum Gasteiger partial charge on any atom is -0.326 e. The first-order chi connectivity index (χ1) is 11.1. The molecular formula is C17H23N3O3. The molecule has 124 valence electrons. The maximum Gasteiger partial charge on any atom is 0.238 e. The van der Waals surface area contributed by atoms with E-state index >= 15 is 0 Å². The predicted molar refractivity (Wildman–Crippen MR) is 87.2 cm³/mol. The zero-order chi connectivity index (χ0) is 16.5. The molecule has 0 spiro atoms. The molecule has 0 heterocycles. The molecule has 0 aromatic heterocycles. The summed E-state index contributed by atoms with van der Waals surface area (Å²) >= 11 is 0. The number of nitrogens with one attached hydrogen (secondary N) is 3. The number of hydrogen-bond acceptors (Lipinski definition) is 3. The van der Waals surface area contributed by atoms with Crippen molar-refractivity contribution in [2.24, 2.45) is 5.92 Å². The number of anilines is 1. The smallest absolute Gasteiger partial charge is 0.238 e. The van der Waals surface area contributed by atoms with Gasteiger partial charge < -0.3 is 5.32 Å². The number of carbonyl (C=O) groups is 3. The maximum absolute atomic E-state index is 11.7. The van der Waals surface area contributed by atoms with Crippen LogP contribution in [0.5, 0.6) is 0 Å². The van der Waals surface area contributed by atoms with Gasteiger partial charge in [0.05, 0.1) is 0 Å². The molecule has 0 unspecified atom stereocenters. The lowest BCUT2D eigenvalue weighted by atomic mass is 10.0. The van der Waals surface area contributed by atoms with E-state index in [-0.39, 0.29) is 30.6 Å². The summed E-state index contributed by atoms with van der Waals surface area (Å²) in [7, 11) is 0. The largest absolute Gasteiger partial charge is 0.326 e. The van der Waals surface area contributed by atoms with Crippen molar-refractivity contribution < 1.29 is 14.4 Å². The van der Waals surface area contributed by atoms with Gasteiger partial charge in [-0.3, -0.25) is 25.2 Å². The first-order valence-corrected chi connectivity index (χ1v) is 8.06. The molecule has 0 atom stereocenters. The highest BCUT2D eigenvalue weighted by molar-refractivity contribution is 5.93. The molecule has 1 aliphatic carbocycles. The van der Waals surface area contributed by atoms with E-state index in [1.165, 1.54) is 12.8 Å². The summed E-state index contributed by atoms with van der Waals surface area (Å²) < 4.78 is 0. The molecule has 0 bridgehead atoms. The Morgan fingerprint density at radius 3 is 2.17 bits per heavy atom. The molecule has 6 nitrogen and oxygen atoms in total. The Morgan fingerprint density at radius 2 is 1.48 bits per heavy atom. The third-order valence-corrected chi connectivity index (χ3v) is 3.93. The highest BCUT2D eigenvalue weighted by Gasteiger charge is 2.18. The van der Waals surface area contributed by atoms with Gasteiger partial charge in [-0.15, -0.1) is 0 Å². The van der Waals surface area contributed by atoms with Crippen LogP contribution < -0.4 is 16.2 Å². The Bertz CT molecular complexity index is 539. The highest BCUT2D eigenvalue weighted by atomic mass is 16.2. The third kappa shape index (κ3) is 6.50. The van der Waals surface area contributed by atoms with E-state index < -0.39 is 0 Å². The second kappa shape index (κ2) is 8.92. The number of rotatable bonds is 6. The molecule has 0 radical (unpaired) electrons. The molecule has 0 aliphatic heterocycles. The van der Waals surface area contributed by atoms with Crippen molar-refractivity contribution in [3.05, 3.63) is 30.3 Å². The summed E-state index contributed by atoms with van der Waals surface area (Å²) in [4.78, 5) is 35.0. The van der Waals surface area contributed by atoms with Crippen molar-refractivity contribution in [3.8, 4) is 0 Å². The standard InChI is InChI=1S/C17H23N3O3/c21-15(18-14-8-2-1-3-9-14)10-11-16(22)19-20-17(23)12-13-6-4-5-7-13/h1-3,8-9,13H,4-7,10-12H2,(H,18,21)(H,19,22)(H,20,23). The van der Waals surface area contributed by atoms with Gasteiger partial charge in [0.15, 0.2) is 0 Å². The monoisotopic (exact) mass is 317 g/mol. The molecule has 3 N–H and O–H groups in total. The topological polar surface area (TPSA) is 87.3 Å². The van der Waals surface area contributed by atoms with E-state index in [9.17, 15) is 14.4 Å². The number of carbonyl (C=O) groups excluding carboxylic acids is 3. The maximum atomic E-state index is 11.7. The fraction of sp³-hybridized carbons (Fsp3) is 0.471. The fourth-order valence-corrected chi connectivity index (χ4v) is 2.70. The fourth-order valence-electron chi connectivity index (χ4n) is 2.70. The van der Waals surface area contributed by atoms with Gasteiger partial charge in [0.25, 0.3) is 0 Å². The SMILES string of the molecule is O=C(CCC(=O)Nc1ccccc1)NNC(=O)CC1CCCC1. The Kier molecular flexibility index (Phi) is 6.59. The van der Waals surface area contributed by atoms with Crippen LogP contribution in [0.4, 0.5) is 5.69 Å². The Labute approximate surface area is 136 Å². The molecule has 2 rings (SSSR count). The molecular weight excluding hydrogens is 294 g/mol. The van der Waals surface area contributed by atoms with E-state index in [1.807, 2.05) is 18.2 Å². The molecule has 1 fully saturated rings. The van der Waals surface area contributed by atoms with Crippen LogP contribution in [0.25, 0.3) is 0 Å². The van der Waals surface area contributed by atoms with Crippen LogP contribution in [0.3, 0.4) is 0 Å². The summed E-state index contributed by atoms with van der Waals surface area (Å²) in [6.07, 6.45) is 5.08. The number of hydrazine groups is 1. The van der Waals surface area contributed by atoms with E-state index in [2.05, 4.69) is 16.2 Å². The molecule has 6 heteroatoms. The second-order valence-electron chi connectivity index (χ2n) is 5.87. The van der Waals surface area contributed by atoms with Crippen LogP contribution in [-0.2, 0) is 14.4 Å². The molecule has 1 aromatic carbocycles. The van der Waals surface area contributed by atoms with Gasteiger partial charge in [0.2, 0.25) is 17.7 Å². The van der Waals surface area contributed by atoms with Crippen LogP contribution in [0.2, 0.25) is 0 Å². The third-order valence-electron chi connectivity index (χ3n) is 3.93. The van der Waals surface area contributed by atoms with Crippen LogP contribution >= 0.6 is 0 Å². The van der Waals surface area contributed by atoms with Crippen molar-refractivity contribution in [2.75, 3.05) is 5.32 Å². The van der Waals surface area contributed by atoms with Gasteiger partial charge >= 0.3 is 0 Å². The van der Waals surface area contributed by atoms with Crippen LogP contribution in [-0.4, -0.2) is 17.7 Å². The van der Waals surface area contributed by atoms with Crippen molar-refractivity contribution in [3.63, 3.8) is 0 Å². The van der Waals surface area contributed by atoms with Gasteiger partial charge in [-0.25, -0.2) is 0 Å². The number of para-hydroxylation sites is 1. The average Bonchev–Trinajstić information content (AvgIpc) is 3.05. The summed E-state index contributed by atoms with van der Waals surface area (Å²) in [6, 6.07) is 9.06. The average molecular weight is 317 g/mol. The van der Waals surface area contributed by atoms with E-state index in [1.54, 1.807) is 12.1 Å². The molecule has 3 amide bonds. The quantitative estimate of drug-likeness (QED) is 0.702. The van der Waals surface area contributed by atoms with Crippen molar-refractivity contribution in [1.29, 1.82) is 0 Å². The van der Waals surface area contributed by atoms with Crippen molar-refractivity contribution in [1.82, 2.24) is 10.9 Å². The van der Waals surface area contributed by atoms with Gasteiger partial charge in [-0.2, -0.15) is 0 Å². The van der Waals surface area contributed by atoms with Crippen LogP contribution in [0, 0.1) is 5.92 Å². The van der Waals surface area contributed by atoms with Gasteiger partial charge in [0, 0.05) is 24.9 Å². The summed E-state index contributed by atoms with van der Waals surface area (Å²) in [5.41, 5.74) is 5.47. The molecule has 1 aromatic rings. The van der Waals surface area contributed by atoms with Gasteiger partial charge in [-0.05, 0) is 30.9 Å². The lowest BCUT2D eigenvalue weighted by Gasteiger charge is -2.10. The van der Waals surface area contributed by atoms with E-state index in [4.69, 9.17) is 0 Å². The lowest BCUT2D eigenvalue weighted by molar-refractivity contribution is -0.130. The minimum atomic E-state index is -0.368. The summed E-state index contributed by atoms with van der Waals surface area (Å²) in [6.45, 7) is 0. The zero-order valence-corrected chi connectivity index (χ0v) is 13.1. The van der Waals surface area contributed by atoms with Gasteiger partial charge in [-0.1, -0.05) is 31.0 Å². The molecule has 1 aliphatic rings. The van der Waals surface area contributed by atoms with Crippen molar-refractivity contribution >= 4 is 23.4 Å². The first-order valence-electron chi connectivity index (χ1n) is 8.06. The lowest BCUT2D eigenvalue weighted by Crippen LogP contribution is -2.42. The highest BCUT2D eigenvalue weighted by Crippen LogP contribution is 2.27. The zero-order valence-electron chi connectivity index (χ0n) is 13.1. The minimum absolute atomic E-state index is 0.0301. The van der Waals surface area contributed by atoms with Crippen LogP contribution in [0.15, 0.2) is 30.3 Å². The number of hydrogen-bond donors (Lipinski definition) is 3. The predicted octanol–water partition coefficient (Wildman–Crippen LogP) is 2.13. The Hall–Kier alpha value is -2.37. The van der Waals surface area contributed by atoms with Gasteiger partial charge in [0.1, 0.15) is 0 Å². The number of amides is 3. The molecule has 0 saturated heterocycles. The summed E-state index contributed by atoms with van der Waals surface area (Å²) in [5.74, 6) is -0.334. The van der Waals surface area contributed by atoms with E-state index in [0.717, 1.165) is 12.8 Å². The van der Waals surface area contributed by atoms with Crippen LogP contribution in [0.1, 0.15) is 44.9 Å². The Morgan fingerprint density at radius 1 is 0.870 bits per heavy atom. The molecule has 1 saturated carbocycles. The first kappa shape index (κ1) is 17.0. The second-order valence-corrected chi connectivity index (χ2v) is 5.87. The normalized spacial score (nSPS) is 14.3. The summed E-state index contributed by atoms with van der Waals surface area (Å²) in [5, 5.41) is 2.70. The number of benzene rings is 1. The molecule has 23 heavy (non-hydrogen) atoms. The van der Waals surface area contributed by atoms with Crippen molar-refractivity contribution in [2.45, 2.75) is 44.9 Å². The van der Waals surface area contributed by atoms with E-state index in [0.29, 0.717) is 18.0 Å².